The molecule has 1 heterocycles. The first-order valence-corrected chi connectivity index (χ1v) is 5.82. The van der Waals surface area contributed by atoms with E-state index >= 15 is 0 Å². The molecular weight excluding hydrogens is 210 g/mol. The first-order chi connectivity index (χ1) is 8.22. The predicted molar refractivity (Wildman–Crippen MR) is 69.4 cm³/mol. The molecule has 3 heteroatoms. The lowest BCUT2D eigenvalue weighted by Crippen LogP contribution is -2.03. The van der Waals surface area contributed by atoms with Crippen molar-refractivity contribution in [3.63, 3.8) is 0 Å². The molecule has 1 aromatic heterocycles. The summed E-state index contributed by atoms with van der Waals surface area (Å²) < 4.78 is 0. The van der Waals surface area contributed by atoms with Gasteiger partial charge in [0.15, 0.2) is 0 Å². The second-order valence-electron chi connectivity index (χ2n) is 4.33. The molecule has 2 N–H and O–H groups in total. The first-order valence-electron chi connectivity index (χ1n) is 5.82. The molecule has 0 saturated carbocycles. The Labute approximate surface area is 102 Å². The summed E-state index contributed by atoms with van der Waals surface area (Å²) in [5, 5.41) is 0. The van der Waals surface area contributed by atoms with Gasteiger partial charge in [-0.3, -0.25) is 9.97 Å². The van der Waals surface area contributed by atoms with Gasteiger partial charge in [0.1, 0.15) is 0 Å². The zero-order valence-electron chi connectivity index (χ0n) is 10.2. The topological polar surface area (TPSA) is 51.8 Å². The highest BCUT2D eigenvalue weighted by Crippen LogP contribution is 2.22. The van der Waals surface area contributed by atoms with Crippen molar-refractivity contribution in [2.24, 2.45) is 5.73 Å². The van der Waals surface area contributed by atoms with Gasteiger partial charge in [-0.2, -0.15) is 0 Å². The van der Waals surface area contributed by atoms with Gasteiger partial charge < -0.3 is 5.73 Å². The van der Waals surface area contributed by atoms with Crippen molar-refractivity contribution in [2.45, 2.75) is 26.3 Å². The van der Waals surface area contributed by atoms with Crippen LogP contribution in [0.25, 0.3) is 11.3 Å². The number of nitrogens with two attached hydrogens (primary N) is 1. The molecule has 0 atom stereocenters. The molecule has 0 aliphatic carbocycles. The zero-order chi connectivity index (χ0) is 12.3. The van der Waals surface area contributed by atoms with Gasteiger partial charge in [0.25, 0.3) is 0 Å². The fourth-order valence-corrected chi connectivity index (χ4v) is 1.78. The van der Waals surface area contributed by atoms with Crippen molar-refractivity contribution in [1.29, 1.82) is 0 Å². The molecule has 0 aliphatic heterocycles. The van der Waals surface area contributed by atoms with Gasteiger partial charge in [-0.05, 0) is 11.5 Å². The van der Waals surface area contributed by atoms with E-state index in [0.29, 0.717) is 12.5 Å². The summed E-state index contributed by atoms with van der Waals surface area (Å²) in [6.45, 7) is 4.78. The van der Waals surface area contributed by atoms with Crippen LogP contribution in [0.4, 0.5) is 0 Å². The Morgan fingerprint density at radius 1 is 1.06 bits per heavy atom. The molecule has 0 spiro atoms. The molecule has 0 unspecified atom stereocenters. The van der Waals surface area contributed by atoms with Crippen molar-refractivity contribution in [3.05, 3.63) is 47.9 Å². The Morgan fingerprint density at radius 3 is 2.29 bits per heavy atom. The molecule has 1 aromatic carbocycles. The summed E-state index contributed by atoms with van der Waals surface area (Å²) in [6, 6.07) is 8.43. The molecular formula is C14H17N3. The molecule has 88 valence electrons. The average Bonchev–Trinajstić information content (AvgIpc) is 2.39. The SMILES string of the molecule is CC(C)c1ccc(-c2nccnc2CN)cc1. The van der Waals surface area contributed by atoms with Crippen molar-refractivity contribution >= 4 is 0 Å². The number of nitrogens with zero attached hydrogens (tertiary/aromatic N) is 2. The highest BCUT2D eigenvalue weighted by molar-refractivity contribution is 5.61. The van der Waals surface area contributed by atoms with E-state index in [9.17, 15) is 0 Å². The van der Waals surface area contributed by atoms with E-state index in [-0.39, 0.29) is 0 Å². The van der Waals surface area contributed by atoms with Gasteiger partial charge in [0, 0.05) is 24.5 Å². The predicted octanol–water partition coefficient (Wildman–Crippen LogP) is 2.73. The summed E-state index contributed by atoms with van der Waals surface area (Å²) in [6.07, 6.45) is 3.37. The Hall–Kier alpha value is -1.74. The van der Waals surface area contributed by atoms with Gasteiger partial charge >= 0.3 is 0 Å². The maximum atomic E-state index is 5.66. The lowest BCUT2D eigenvalue weighted by Gasteiger charge is -2.08. The van der Waals surface area contributed by atoms with E-state index < -0.39 is 0 Å². The molecule has 0 aliphatic rings. The van der Waals surface area contributed by atoms with Gasteiger partial charge in [0.2, 0.25) is 0 Å². The fraction of sp³-hybridized carbons (Fsp3) is 0.286. The summed E-state index contributed by atoms with van der Waals surface area (Å²) in [7, 11) is 0. The monoisotopic (exact) mass is 227 g/mol. The molecule has 0 radical (unpaired) electrons. The van der Waals surface area contributed by atoms with E-state index in [2.05, 4.69) is 48.1 Å². The van der Waals surface area contributed by atoms with Crippen molar-refractivity contribution in [3.8, 4) is 11.3 Å². The van der Waals surface area contributed by atoms with Crippen molar-refractivity contribution < 1.29 is 0 Å². The molecule has 3 nitrogen and oxygen atoms in total. The summed E-state index contributed by atoms with van der Waals surface area (Å²) in [5.41, 5.74) is 9.78. The van der Waals surface area contributed by atoms with Crippen LogP contribution in [0.15, 0.2) is 36.7 Å². The third-order valence-electron chi connectivity index (χ3n) is 2.82. The van der Waals surface area contributed by atoms with Crippen LogP contribution in [-0.4, -0.2) is 9.97 Å². The minimum atomic E-state index is 0.412. The van der Waals surface area contributed by atoms with Gasteiger partial charge in [-0.15, -0.1) is 0 Å². The van der Waals surface area contributed by atoms with Crippen LogP contribution in [0.1, 0.15) is 31.0 Å². The number of hydrogen-bond donors (Lipinski definition) is 1. The fourth-order valence-electron chi connectivity index (χ4n) is 1.78. The molecule has 0 fully saturated rings. The average molecular weight is 227 g/mol. The maximum Gasteiger partial charge on any atom is 0.0930 e. The van der Waals surface area contributed by atoms with Gasteiger partial charge in [-0.1, -0.05) is 38.1 Å². The molecule has 0 saturated heterocycles. The number of benzene rings is 1. The smallest absolute Gasteiger partial charge is 0.0930 e. The van der Waals surface area contributed by atoms with Crippen LogP contribution in [0.2, 0.25) is 0 Å². The van der Waals surface area contributed by atoms with Crippen LogP contribution in [0.5, 0.6) is 0 Å². The summed E-state index contributed by atoms with van der Waals surface area (Å²) in [5.74, 6) is 0.542. The Kier molecular flexibility index (Phi) is 3.49. The van der Waals surface area contributed by atoms with Crippen LogP contribution in [0.3, 0.4) is 0 Å². The quantitative estimate of drug-likeness (QED) is 0.877. The van der Waals surface area contributed by atoms with E-state index in [0.717, 1.165) is 17.0 Å². The molecule has 0 amide bonds. The van der Waals surface area contributed by atoms with E-state index in [1.165, 1.54) is 5.56 Å². The van der Waals surface area contributed by atoms with Crippen LogP contribution < -0.4 is 5.73 Å². The first kappa shape index (κ1) is 11.7. The van der Waals surface area contributed by atoms with E-state index in [4.69, 9.17) is 5.73 Å². The second kappa shape index (κ2) is 5.06. The minimum absolute atomic E-state index is 0.412. The van der Waals surface area contributed by atoms with Crippen molar-refractivity contribution in [2.75, 3.05) is 0 Å². The summed E-state index contributed by atoms with van der Waals surface area (Å²) in [4.78, 5) is 8.60. The van der Waals surface area contributed by atoms with Crippen molar-refractivity contribution in [1.82, 2.24) is 9.97 Å². The van der Waals surface area contributed by atoms with E-state index in [1.54, 1.807) is 12.4 Å². The number of hydrogen-bond acceptors (Lipinski definition) is 3. The largest absolute Gasteiger partial charge is 0.325 e. The van der Waals surface area contributed by atoms with Crippen LogP contribution >= 0.6 is 0 Å². The molecule has 17 heavy (non-hydrogen) atoms. The maximum absolute atomic E-state index is 5.66. The highest BCUT2D eigenvalue weighted by Gasteiger charge is 2.06. The standard InChI is InChI=1S/C14H17N3/c1-10(2)11-3-5-12(6-4-11)14-13(9-15)16-7-8-17-14/h3-8,10H,9,15H2,1-2H3. The van der Waals surface area contributed by atoms with E-state index in [1.807, 2.05) is 0 Å². The molecule has 0 bridgehead atoms. The van der Waals surface area contributed by atoms with Gasteiger partial charge in [-0.25, -0.2) is 0 Å². The van der Waals surface area contributed by atoms with Crippen LogP contribution in [0, 0.1) is 0 Å². The van der Waals surface area contributed by atoms with Crippen LogP contribution in [-0.2, 0) is 6.54 Å². The summed E-state index contributed by atoms with van der Waals surface area (Å²) >= 11 is 0. The second-order valence-corrected chi connectivity index (χ2v) is 4.33. The third kappa shape index (κ3) is 2.50. The lowest BCUT2D eigenvalue weighted by molar-refractivity contribution is 0.866. The minimum Gasteiger partial charge on any atom is -0.325 e. The Balaban J connectivity index is 2.40. The normalized spacial score (nSPS) is 10.8. The Bertz CT molecular complexity index is 489. The zero-order valence-corrected chi connectivity index (χ0v) is 10.2. The Morgan fingerprint density at radius 2 is 1.71 bits per heavy atom. The number of rotatable bonds is 3. The number of aromatic nitrogens is 2. The highest BCUT2D eigenvalue weighted by atomic mass is 14.8. The lowest BCUT2D eigenvalue weighted by atomic mass is 10.0. The third-order valence-corrected chi connectivity index (χ3v) is 2.82. The van der Waals surface area contributed by atoms with Gasteiger partial charge in [0.05, 0.1) is 11.4 Å². The molecule has 2 aromatic rings. The molecule has 2 rings (SSSR count).